The van der Waals surface area contributed by atoms with Crippen LogP contribution in [0.25, 0.3) is 10.9 Å². The van der Waals surface area contributed by atoms with Gasteiger partial charge in [-0.05, 0) is 18.2 Å². The number of benzene rings is 1. The van der Waals surface area contributed by atoms with Crippen LogP contribution in [-0.2, 0) is 0 Å². The van der Waals surface area contributed by atoms with Crippen LogP contribution in [0, 0.1) is 0 Å². The molecule has 0 aliphatic heterocycles. The van der Waals surface area contributed by atoms with Crippen LogP contribution in [0.15, 0.2) is 24.4 Å². The van der Waals surface area contributed by atoms with Crippen molar-refractivity contribution in [2.24, 2.45) is 0 Å². The van der Waals surface area contributed by atoms with Gasteiger partial charge in [-0.3, -0.25) is 4.79 Å². The van der Waals surface area contributed by atoms with Gasteiger partial charge in [0.15, 0.2) is 6.29 Å². The molecule has 0 radical (unpaired) electrons. The van der Waals surface area contributed by atoms with Crippen molar-refractivity contribution in [3.05, 3.63) is 30.0 Å². The van der Waals surface area contributed by atoms with Crippen LogP contribution < -0.4 is 4.74 Å². The summed E-state index contributed by atoms with van der Waals surface area (Å²) >= 11 is 0. The van der Waals surface area contributed by atoms with Crippen molar-refractivity contribution >= 4 is 17.2 Å². The molecule has 2 N–H and O–H groups in total. The maximum absolute atomic E-state index is 10.7. The average molecular weight is 205 g/mol. The van der Waals surface area contributed by atoms with E-state index >= 15 is 0 Å². The lowest BCUT2D eigenvalue weighted by atomic mass is 10.2. The molecule has 1 aromatic heterocycles. The van der Waals surface area contributed by atoms with E-state index in [4.69, 9.17) is 9.84 Å². The van der Waals surface area contributed by atoms with Gasteiger partial charge in [0, 0.05) is 22.7 Å². The summed E-state index contributed by atoms with van der Waals surface area (Å²) in [5.41, 5.74) is 1.51. The molecule has 0 fully saturated rings. The minimum Gasteiger partial charge on any atom is -0.491 e. The zero-order valence-corrected chi connectivity index (χ0v) is 8.06. The first kappa shape index (κ1) is 9.73. The van der Waals surface area contributed by atoms with E-state index in [1.165, 1.54) is 0 Å². The summed E-state index contributed by atoms with van der Waals surface area (Å²) in [4.78, 5) is 13.7. The van der Waals surface area contributed by atoms with Crippen molar-refractivity contribution in [1.82, 2.24) is 4.98 Å². The Labute approximate surface area is 86.5 Å². The number of aromatic nitrogens is 1. The molecule has 0 amide bonds. The highest BCUT2D eigenvalue weighted by Gasteiger charge is 2.03. The van der Waals surface area contributed by atoms with Crippen LogP contribution in [0.1, 0.15) is 10.4 Å². The number of hydrogen-bond donors (Lipinski definition) is 2. The Morgan fingerprint density at radius 1 is 1.47 bits per heavy atom. The molecule has 4 heteroatoms. The molecule has 0 saturated carbocycles. The fraction of sp³-hybridized carbons (Fsp3) is 0.182. The monoisotopic (exact) mass is 205 g/mol. The first-order chi connectivity index (χ1) is 7.35. The molecule has 0 unspecified atom stereocenters. The number of fused-ring (bicyclic) bond motifs is 1. The van der Waals surface area contributed by atoms with Crippen LogP contribution in [0.2, 0.25) is 0 Å². The molecular weight excluding hydrogens is 194 g/mol. The Morgan fingerprint density at radius 2 is 2.33 bits per heavy atom. The second kappa shape index (κ2) is 4.14. The van der Waals surface area contributed by atoms with Crippen LogP contribution in [0.4, 0.5) is 0 Å². The second-order valence-corrected chi connectivity index (χ2v) is 3.14. The molecule has 15 heavy (non-hydrogen) atoms. The predicted octanol–water partition coefficient (Wildman–Crippen LogP) is 1.35. The summed E-state index contributed by atoms with van der Waals surface area (Å²) in [6, 6.07) is 5.42. The van der Waals surface area contributed by atoms with Crippen molar-refractivity contribution in [2.45, 2.75) is 0 Å². The number of nitrogens with one attached hydrogen (secondary N) is 1. The third-order valence-corrected chi connectivity index (χ3v) is 2.17. The highest BCUT2D eigenvalue weighted by molar-refractivity contribution is 5.97. The van der Waals surface area contributed by atoms with Crippen molar-refractivity contribution in [2.75, 3.05) is 13.2 Å². The lowest BCUT2D eigenvalue weighted by molar-refractivity contribution is 0.112. The fourth-order valence-electron chi connectivity index (χ4n) is 1.47. The number of aliphatic hydroxyl groups excluding tert-OH is 1. The summed E-state index contributed by atoms with van der Waals surface area (Å²) in [5, 5.41) is 9.45. The van der Waals surface area contributed by atoms with Crippen LogP contribution in [0.5, 0.6) is 5.75 Å². The van der Waals surface area contributed by atoms with Gasteiger partial charge < -0.3 is 14.8 Å². The third kappa shape index (κ3) is 1.85. The molecule has 0 saturated heterocycles. The van der Waals surface area contributed by atoms with Crippen molar-refractivity contribution in [1.29, 1.82) is 0 Å². The fourth-order valence-corrected chi connectivity index (χ4v) is 1.47. The third-order valence-electron chi connectivity index (χ3n) is 2.17. The number of rotatable bonds is 4. The molecule has 0 aliphatic carbocycles. The summed E-state index contributed by atoms with van der Waals surface area (Å²) in [6.45, 7) is 0.234. The zero-order valence-electron chi connectivity index (χ0n) is 8.06. The second-order valence-electron chi connectivity index (χ2n) is 3.14. The van der Waals surface area contributed by atoms with Gasteiger partial charge in [0.25, 0.3) is 0 Å². The van der Waals surface area contributed by atoms with Crippen molar-refractivity contribution in [3.63, 3.8) is 0 Å². The summed E-state index contributed by atoms with van der Waals surface area (Å²) in [7, 11) is 0. The SMILES string of the molecule is O=Cc1c[nH]c2ccc(OCCO)cc12. The van der Waals surface area contributed by atoms with Gasteiger partial charge in [0.1, 0.15) is 12.4 Å². The topological polar surface area (TPSA) is 62.3 Å². The first-order valence-electron chi connectivity index (χ1n) is 4.65. The molecule has 78 valence electrons. The van der Waals surface area contributed by atoms with E-state index in [0.717, 1.165) is 17.2 Å². The van der Waals surface area contributed by atoms with Crippen LogP contribution in [-0.4, -0.2) is 29.6 Å². The molecule has 0 spiro atoms. The van der Waals surface area contributed by atoms with E-state index in [9.17, 15) is 4.79 Å². The predicted molar refractivity (Wildman–Crippen MR) is 56.3 cm³/mol. The normalized spacial score (nSPS) is 10.5. The highest BCUT2D eigenvalue weighted by atomic mass is 16.5. The average Bonchev–Trinajstić information content (AvgIpc) is 2.68. The maximum Gasteiger partial charge on any atom is 0.152 e. The number of aldehydes is 1. The molecule has 2 rings (SSSR count). The van der Waals surface area contributed by atoms with E-state index in [-0.39, 0.29) is 13.2 Å². The maximum atomic E-state index is 10.7. The Bertz CT molecular complexity index is 476. The molecule has 0 atom stereocenters. The van der Waals surface area contributed by atoms with Gasteiger partial charge in [0.2, 0.25) is 0 Å². The molecular formula is C11H11NO3. The van der Waals surface area contributed by atoms with Gasteiger partial charge in [-0.25, -0.2) is 0 Å². The smallest absolute Gasteiger partial charge is 0.152 e. The number of H-pyrrole nitrogens is 1. The number of aromatic amines is 1. The van der Waals surface area contributed by atoms with Gasteiger partial charge in [-0.15, -0.1) is 0 Å². The lowest BCUT2D eigenvalue weighted by Gasteiger charge is -2.03. The van der Waals surface area contributed by atoms with E-state index < -0.39 is 0 Å². The Morgan fingerprint density at radius 3 is 3.07 bits per heavy atom. The number of ether oxygens (including phenoxy) is 1. The van der Waals surface area contributed by atoms with E-state index in [1.54, 1.807) is 18.3 Å². The van der Waals surface area contributed by atoms with E-state index in [0.29, 0.717) is 11.3 Å². The van der Waals surface area contributed by atoms with Gasteiger partial charge in [-0.1, -0.05) is 0 Å². The summed E-state index contributed by atoms with van der Waals surface area (Å²) in [6.07, 6.45) is 2.46. The number of aliphatic hydroxyl groups is 1. The minimum absolute atomic E-state index is 0.0221. The van der Waals surface area contributed by atoms with Crippen molar-refractivity contribution < 1.29 is 14.6 Å². The Balaban J connectivity index is 2.39. The lowest BCUT2D eigenvalue weighted by Crippen LogP contribution is -2.01. The minimum atomic E-state index is -0.0221. The van der Waals surface area contributed by atoms with Crippen LogP contribution >= 0.6 is 0 Å². The van der Waals surface area contributed by atoms with E-state index in [1.807, 2.05) is 6.07 Å². The largest absolute Gasteiger partial charge is 0.491 e. The Kier molecular flexibility index (Phi) is 2.69. The summed E-state index contributed by atoms with van der Waals surface area (Å²) < 4.78 is 5.25. The highest BCUT2D eigenvalue weighted by Crippen LogP contribution is 2.22. The molecule has 1 heterocycles. The molecule has 4 nitrogen and oxygen atoms in total. The quantitative estimate of drug-likeness (QED) is 0.740. The van der Waals surface area contributed by atoms with Gasteiger partial charge in [0.05, 0.1) is 6.61 Å². The molecule has 0 aliphatic rings. The summed E-state index contributed by atoms with van der Waals surface area (Å²) in [5.74, 6) is 0.652. The van der Waals surface area contributed by atoms with Gasteiger partial charge >= 0.3 is 0 Å². The number of carbonyl (C=O) groups is 1. The molecule has 1 aromatic carbocycles. The Hall–Kier alpha value is -1.81. The zero-order chi connectivity index (χ0) is 10.7. The van der Waals surface area contributed by atoms with Crippen LogP contribution in [0.3, 0.4) is 0 Å². The first-order valence-corrected chi connectivity index (χ1v) is 4.65. The van der Waals surface area contributed by atoms with E-state index in [2.05, 4.69) is 4.98 Å². The standard InChI is InChI=1S/C11H11NO3/c13-3-4-15-9-1-2-11-10(5-9)8(7-14)6-12-11/h1-2,5-7,12-13H,3-4H2. The van der Waals surface area contributed by atoms with Gasteiger partial charge in [-0.2, -0.15) is 0 Å². The number of carbonyl (C=O) groups excluding carboxylic acids is 1. The molecule has 2 aromatic rings. The molecule has 0 bridgehead atoms. The van der Waals surface area contributed by atoms with Crippen molar-refractivity contribution in [3.8, 4) is 5.75 Å². The number of hydrogen-bond acceptors (Lipinski definition) is 3.